The van der Waals surface area contributed by atoms with Crippen molar-refractivity contribution in [1.29, 1.82) is 0 Å². The van der Waals surface area contributed by atoms with E-state index >= 15 is 0 Å². The van der Waals surface area contributed by atoms with Crippen LogP contribution in [0.4, 0.5) is 0 Å². The van der Waals surface area contributed by atoms with Gasteiger partial charge in [0.05, 0.1) is 21.8 Å². The molecule has 0 N–H and O–H groups in total. The Morgan fingerprint density at radius 1 is 1.32 bits per heavy atom. The van der Waals surface area contributed by atoms with Gasteiger partial charge in [-0.1, -0.05) is 0 Å². The van der Waals surface area contributed by atoms with Crippen molar-refractivity contribution in [2.24, 2.45) is 0 Å². The number of amides is 1. The SMILES string of the molecule is O=C1CCC[C@H](N2Cc3c(csc3Br)C2=O)C(=O)C1. The molecule has 2 heterocycles. The number of halogens is 1. The zero-order valence-electron chi connectivity index (χ0n) is 10.1. The number of hydrogen-bond donors (Lipinski definition) is 0. The summed E-state index contributed by atoms with van der Waals surface area (Å²) in [4.78, 5) is 37.5. The Labute approximate surface area is 122 Å². The van der Waals surface area contributed by atoms with Crippen LogP contribution in [0, 0.1) is 0 Å². The topological polar surface area (TPSA) is 54.5 Å². The van der Waals surface area contributed by atoms with E-state index in [-0.39, 0.29) is 23.9 Å². The molecule has 2 aliphatic rings. The number of carbonyl (C=O) groups excluding carboxylic acids is 3. The minimum Gasteiger partial charge on any atom is -0.324 e. The summed E-state index contributed by atoms with van der Waals surface area (Å²) in [7, 11) is 0. The maximum Gasteiger partial charge on any atom is 0.256 e. The van der Waals surface area contributed by atoms with Crippen LogP contribution in [-0.2, 0) is 16.1 Å². The second kappa shape index (κ2) is 4.83. The summed E-state index contributed by atoms with van der Waals surface area (Å²) < 4.78 is 0.954. The van der Waals surface area contributed by atoms with Crippen LogP contribution in [0.1, 0.15) is 41.6 Å². The molecule has 0 saturated heterocycles. The van der Waals surface area contributed by atoms with Gasteiger partial charge in [-0.15, -0.1) is 11.3 Å². The number of Topliss-reactive ketones (excluding diaryl/α,β-unsaturated/α-hetero) is 2. The molecular formula is C13H12BrNO3S. The second-order valence-electron chi connectivity index (χ2n) is 4.92. The summed E-state index contributed by atoms with van der Waals surface area (Å²) in [5.41, 5.74) is 1.67. The summed E-state index contributed by atoms with van der Waals surface area (Å²) in [5.74, 6) is -0.194. The molecule has 1 atom stereocenters. The third kappa shape index (κ3) is 2.17. The lowest BCUT2D eigenvalue weighted by molar-refractivity contribution is -0.128. The first-order valence-electron chi connectivity index (χ1n) is 6.19. The first-order chi connectivity index (χ1) is 9.08. The third-order valence-electron chi connectivity index (χ3n) is 3.71. The van der Waals surface area contributed by atoms with Crippen molar-refractivity contribution in [3.63, 3.8) is 0 Å². The molecule has 1 aromatic rings. The summed E-state index contributed by atoms with van der Waals surface area (Å²) in [5, 5.41) is 1.83. The molecule has 0 bridgehead atoms. The van der Waals surface area contributed by atoms with Crippen LogP contribution in [0.5, 0.6) is 0 Å². The number of carbonyl (C=O) groups is 3. The van der Waals surface area contributed by atoms with Crippen LogP contribution in [0.25, 0.3) is 0 Å². The average Bonchev–Trinajstić information content (AvgIpc) is 2.81. The Bertz CT molecular complexity index is 580. The molecule has 1 saturated carbocycles. The molecule has 1 aromatic heterocycles. The van der Waals surface area contributed by atoms with E-state index in [0.29, 0.717) is 31.4 Å². The lowest BCUT2D eigenvalue weighted by atomic mass is 10.1. The predicted octanol–water partition coefficient (Wildman–Crippen LogP) is 2.55. The van der Waals surface area contributed by atoms with E-state index in [0.717, 1.165) is 9.35 Å². The highest BCUT2D eigenvalue weighted by Crippen LogP contribution is 2.36. The minimum atomic E-state index is -0.428. The molecule has 1 aliphatic heterocycles. The third-order valence-corrected chi connectivity index (χ3v) is 5.56. The first-order valence-corrected chi connectivity index (χ1v) is 7.86. The fourth-order valence-electron chi connectivity index (χ4n) is 2.72. The average molecular weight is 342 g/mol. The number of thiophene rings is 1. The van der Waals surface area contributed by atoms with E-state index in [1.165, 1.54) is 11.3 Å². The Morgan fingerprint density at radius 2 is 2.11 bits per heavy atom. The van der Waals surface area contributed by atoms with E-state index in [2.05, 4.69) is 15.9 Å². The lowest BCUT2D eigenvalue weighted by Crippen LogP contribution is -2.41. The van der Waals surface area contributed by atoms with E-state index in [9.17, 15) is 14.4 Å². The van der Waals surface area contributed by atoms with Gasteiger partial charge in [0, 0.05) is 23.9 Å². The smallest absolute Gasteiger partial charge is 0.256 e. The van der Waals surface area contributed by atoms with Crippen LogP contribution in [-0.4, -0.2) is 28.4 Å². The lowest BCUT2D eigenvalue weighted by Gasteiger charge is -2.25. The van der Waals surface area contributed by atoms with Crippen LogP contribution in [0.3, 0.4) is 0 Å². The largest absolute Gasteiger partial charge is 0.324 e. The van der Waals surface area contributed by atoms with Gasteiger partial charge in [0.15, 0.2) is 5.78 Å². The van der Waals surface area contributed by atoms with Crippen molar-refractivity contribution in [2.75, 3.05) is 0 Å². The van der Waals surface area contributed by atoms with Crippen molar-refractivity contribution in [3.8, 4) is 0 Å². The van der Waals surface area contributed by atoms with Crippen molar-refractivity contribution in [1.82, 2.24) is 4.90 Å². The van der Waals surface area contributed by atoms with E-state index in [1.54, 1.807) is 4.90 Å². The normalized spacial score (nSPS) is 23.7. The molecule has 100 valence electrons. The van der Waals surface area contributed by atoms with E-state index in [1.807, 2.05) is 5.38 Å². The van der Waals surface area contributed by atoms with E-state index in [4.69, 9.17) is 0 Å². The Morgan fingerprint density at radius 3 is 2.84 bits per heavy atom. The van der Waals surface area contributed by atoms with Gasteiger partial charge >= 0.3 is 0 Å². The van der Waals surface area contributed by atoms with Crippen molar-refractivity contribution in [2.45, 2.75) is 38.3 Å². The van der Waals surface area contributed by atoms with Gasteiger partial charge in [0.2, 0.25) is 0 Å². The Kier molecular flexibility index (Phi) is 3.30. The van der Waals surface area contributed by atoms with Crippen LogP contribution in [0.15, 0.2) is 9.17 Å². The van der Waals surface area contributed by atoms with Gasteiger partial charge in [-0.25, -0.2) is 0 Å². The highest BCUT2D eigenvalue weighted by molar-refractivity contribution is 9.11. The highest BCUT2D eigenvalue weighted by Gasteiger charge is 2.39. The molecule has 1 aliphatic carbocycles. The van der Waals surface area contributed by atoms with Crippen LogP contribution in [0.2, 0.25) is 0 Å². The first kappa shape index (κ1) is 13.0. The summed E-state index contributed by atoms with van der Waals surface area (Å²) >= 11 is 4.93. The van der Waals surface area contributed by atoms with Crippen molar-refractivity contribution >= 4 is 44.7 Å². The van der Waals surface area contributed by atoms with Crippen molar-refractivity contribution < 1.29 is 14.4 Å². The molecular weight excluding hydrogens is 330 g/mol. The highest BCUT2D eigenvalue weighted by atomic mass is 79.9. The summed E-state index contributed by atoms with van der Waals surface area (Å²) in [6, 6.07) is -0.428. The van der Waals surface area contributed by atoms with Gasteiger partial charge in [-0.3, -0.25) is 14.4 Å². The molecule has 0 unspecified atom stereocenters. The zero-order valence-corrected chi connectivity index (χ0v) is 12.6. The molecule has 0 radical (unpaired) electrons. The molecule has 1 amide bonds. The fraction of sp³-hybridized carbons (Fsp3) is 0.462. The molecule has 0 aromatic carbocycles. The second-order valence-corrected chi connectivity index (χ2v) is 7.12. The molecule has 6 heteroatoms. The van der Waals surface area contributed by atoms with Gasteiger partial charge in [0.25, 0.3) is 5.91 Å². The molecule has 4 nitrogen and oxygen atoms in total. The number of rotatable bonds is 1. The number of hydrogen-bond acceptors (Lipinski definition) is 4. The number of fused-ring (bicyclic) bond motifs is 1. The van der Waals surface area contributed by atoms with Crippen LogP contribution >= 0.6 is 27.3 Å². The van der Waals surface area contributed by atoms with Gasteiger partial charge in [0.1, 0.15) is 5.78 Å². The summed E-state index contributed by atoms with van der Waals surface area (Å²) in [6.45, 7) is 0.475. The number of ketones is 2. The maximum absolute atomic E-state index is 12.3. The number of nitrogens with zero attached hydrogens (tertiary/aromatic N) is 1. The quantitative estimate of drug-likeness (QED) is 0.582. The fourth-order valence-corrected chi connectivity index (χ4v) is 4.12. The Hall–Kier alpha value is -1.01. The predicted molar refractivity (Wildman–Crippen MR) is 74.2 cm³/mol. The van der Waals surface area contributed by atoms with Gasteiger partial charge in [-0.2, -0.15) is 0 Å². The monoisotopic (exact) mass is 341 g/mol. The molecule has 3 rings (SSSR count). The minimum absolute atomic E-state index is 0.00509. The van der Waals surface area contributed by atoms with Gasteiger partial charge in [-0.05, 0) is 28.8 Å². The Balaban J connectivity index is 1.86. The standard InChI is InChI=1S/C13H12BrNO3S/c14-12-8-5-15(13(18)9(8)6-19-12)10-3-1-2-7(16)4-11(10)17/h6,10H,1-5H2/t10-/m0/s1. The maximum atomic E-state index is 12.3. The van der Waals surface area contributed by atoms with Crippen molar-refractivity contribution in [3.05, 3.63) is 20.3 Å². The zero-order chi connectivity index (χ0) is 13.6. The molecule has 1 fully saturated rings. The van der Waals surface area contributed by atoms with E-state index < -0.39 is 6.04 Å². The van der Waals surface area contributed by atoms with Gasteiger partial charge < -0.3 is 4.90 Å². The molecule has 0 spiro atoms. The summed E-state index contributed by atoms with van der Waals surface area (Å²) in [6.07, 6.45) is 1.71. The molecule has 19 heavy (non-hydrogen) atoms. The van der Waals surface area contributed by atoms with Crippen LogP contribution < -0.4 is 0 Å².